The fourth-order valence-electron chi connectivity index (χ4n) is 3.28. The van der Waals surface area contributed by atoms with E-state index in [0.29, 0.717) is 36.8 Å². The van der Waals surface area contributed by atoms with E-state index in [1.807, 2.05) is 30.3 Å². The van der Waals surface area contributed by atoms with Gasteiger partial charge in [-0.15, -0.1) is 0 Å². The van der Waals surface area contributed by atoms with Crippen LogP contribution in [-0.2, 0) is 17.8 Å². The number of Topliss-reactive ketones (excluding diaryl/α,β-unsaturated/α-hetero) is 1. The van der Waals surface area contributed by atoms with Crippen molar-refractivity contribution in [1.82, 2.24) is 4.57 Å². The van der Waals surface area contributed by atoms with Gasteiger partial charge in [0.15, 0.2) is 6.29 Å². The zero-order valence-corrected chi connectivity index (χ0v) is 18.4. The number of aliphatic hydroxyl groups excluding tert-OH is 1. The first kappa shape index (κ1) is 21.8. The van der Waals surface area contributed by atoms with Crippen molar-refractivity contribution in [3.05, 3.63) is 63.2 Å². The molecule has 154 valence electrons. The zero-order valence-electron chi connectivity index (χ0n) is 16.1. The molecule has 0 fully saturated rings. The maximum atomic E-state index is 11.9. The van der Waals surface area contributed by atoms with Gasteiger partial charge >= 0.3 is 0 Å². The molecule has 0 aliphatic heterocycles. The fraction of sp³-hybridized carbons (Fsp3) is 0.318. The highest BCUT2D eigenvalue weighted by atomic mass is 79.9. The van der Waals surface area contributed by atoms with Gasteiger partial charge in [0.2, 0.25) is 0 Å². The lowest BCUT2D eigenvalue weighted by molar-refractivity contribution is -0.116. The van der Waals surface area contributed by atoms with Crippen LogP contribution in [0, 0.1) is 0 Å². The average Bonchev–Trinajstić information content (AvgIpc) is 2.90. The number of halogens is 2. The number of ketones is 1. The van der Waals surface area contributed by atoms with Gasteiger partial charge in [-0.2, -0.15) is 0 Å². The molecule has 0 radical (unpaired) electrons. The summed E-state index contributed by atoms with van der Waals surface area (Å²) in [6.07, 6.45) is -0.322. The second kappa shape index (κ2) is 9.76. The summed E-state index contributed by atoms with van der Waals surface area (Å²) < 4.78 is 8.71. The number of hydrogen-bond acceptors (Lipinski definition) is 4. The number of carbonyl (C=O) groups excluding carboxylic acids is 1. The predicted octanol–water partition coefficient (Wildman–Crippen LogP) is 4.71. The second-order valence-corrected chi connectivity index (χ2v) is 8.15. The first-order valence-corrected chi connectivity index (χ1v) is 10.6. The number of aromatic nitrogens is 1. The second-order valence-electron chi connectivity index (χ2n) is 6.99. The molecule has 0 unspecified atom stereocenters. The molecule has 0 aliphatic rings. The highest BCUT2D eigenvalue weighted by molar-refractivity contribution is 9.10. The van der Waals surface area contributed by atoms with Gasteiger partial charge in [0.1, 0.15) is 11.5 Å². The Morgan fingerprint density at radius 1 is 1.24 bits per heavy atom. The van der Waals surface area contributed by atoms with E-state index in [0.717, 1.165) is 26.6 Å². The van der Waals surface area contributed by atoms with Gasteiger partial charge in [0.25, 0.3) is 0 Å². The molecule has 2 aromatic carbocycles. The van der Waals surface area contributed by atoms with Crippen molar-refractivity contribution in [2.24, 2.45) is 0 Å². The van der Waals surface area contributed by atoms with Crippen molar-refractivity contribution in [2.45, 2.75) is 39.0 Å². The van der Waals surface area contributed by atoms with Crippen molar-refractivity contribution in [3.8, 4) is 5.75 Å². The van der Waals surface area contributed by atoms with Crippen LogP contribution < -0.4 is 4.74 Å². The Bertz CT molecular complexity index is 1000. The summed E-state index contributed by atoms with van der Waals surface area (Å²) in [7, 11) is 0. The highest BCUT2D eigenvalue weighted by Gasteiger charge is 2.19. The van der Waals surface area contributed by atoms with Crippen molar-refractivity contribution < 1.29 is 19.7 Å². The largest absolute Gasteiger partial charge is 0.492 e. The lowest BCUT2D eigenvalue weighted by atomic mass is 10.1. The Morgan fingerprint density at radius 2 is 1.97 bits per heavy atom. The molecule has 3 aromatic rings. The number of rotatable bonds is 9. The van der Waals surface area contributed by atoms with Crippen LogP contribution in [0.15, 0.2) is 47.1 Å². The lowest BCUT2D eigenvalue weighted by Gasteiger charge is -2.11. The van der Waals surface area contributed by atoms with E-state index in [2.05, 4.69) is 32.6 Å². The van der Waals surface area contributed by atoms with Gasteiger partial charge in [-0.05, 0) is 52.5 Å². The third kappa shape index (κ3) is 5.39. The molecule has 5 nitrogen and oxygen atoms in total. The molecule has 0 aliphatic carbocycles. The third-order valence-electron chi connectivity index (χ3n) is 4.63. The van der Waals surface area contributed by atoms with Crippen LogP contribution in [0.1, 0.15) is 30.9 Å². The number of fused-ring (bicyclic) bond motifs is 1. The van der Waals surface area contributed by atoms with Gasteiger partial charge < -0.3 is 19.5 Å². The number of nitrogens with zero attached hydrogens (tertiary/aromatic N) is 1. The molecule has 0 amide bonds. The van der Waals surface area contributed by atoms with Crippen LogP contribution in [0.4, 0.5) is 0 Å². The summed E-state index contributed by atoms with van der Waals surface area (Å²) in [5, 5.41) is 19.3. The van der Waals surface area contributed by atoms with E-state index in [-0.39, 0.29) is 12.2 Å². The topological polar surface area (TPSA) is 71.7 Å². The van der Waals surface area contributed by atoms with E-state index < -0.39 is 6.29 Å². The minimum atomic E-state index is -1.35. The minimum absolute atomic E-state index is 0.0683. The van der Waals surface area contributed by atoms with Gasteiger partial charge in [0.05, 0.1) is 21.7 Å². The number of aliphatic hydroxyl groups is 2. The molecule has 1 heterocycles. The molecule has 0 atom stereocenters. The van der Waals surface area contributed by atoms with Crippen LogP contribution in [0.5, 0.6) is 5.75 Å². The Morgan fingerprint density at radius 3 is 2.62 bits per heavy atom. The van der Waals surface area contributed by atoms with Gasteiger partial charge in [-0.3, -0.25) is 4.79 Å². The summed E-state index contributed by atoms with van der Waals surface area (Å²) in [5.74, 6) is 0.583. The summed E-state index contributed by atoms with van der Waals surface area (Å²) in [6, 6.07) is 13.8. The van der Waals surface area contributed by atoms with Crippen LogP contribution in [-0.4, -0.2) is 33.5 Å². The molecule has 1 aromatic heterocycles. The van der Waals surface area contributed by atoms with Crippen molar-refractivity contribution in [1.29, 1.82) is 0 Å². The number of hydrogen-bond donors (Lipinski definition) is 2. The number of carbonyl (C=O) groups is 1. The molecule has 0 spiro atoms. The molecule has 0 bridgehead atoms. The van der Waals surface area contributed by atoms with E-state index in [1.54, 1.807) is 6.92 Å². The molecule has 7 heteroatoms. The van der Waals surface area contributed by atoms with E-state index >= 15 is 0 Å². The lowest BCUT2D eigenvalue weighted by Crippen LogP contribution is -2.07. The standard InChI is InChI=1S/C22H23BrClNO4/c1-14(26)10-17-16-11-20(29-9-5-8-21(27)28)18(24)12-19(16)25(22(17)23)13-15-6-3-2-4-7-15/h2-4,6-7,11-12,21,27-28H,5,8-10,13H2,1H3. The maximum absolute atomic E-state index is 11.9. The summed E-state index contributed by atoms with van der Waals surface area (Å²) in [4.78, 5) is 11.9. The van der Waals surface area contributed by atoms with Crippen LogP contribution in [0.2, 0.25) is 5.02 Å². The van der Waals surface area contributed by atoms with Gasteiger partial charge in [-0.25, -0.2) is 0 Å². The van der Waals surface area contributed by atoms with Crippen LogP contribution >= 0.6 is 27.5 Å². The first-order chi connectivity index (χ1) is 13.9. The first-order valence-electron chi connectivity index (χ1n) is 9.39. The molecular formula is C22H23BrClNO4. The van der Waals surface area contributed by atoms with Crippen LogP contribution in [0.25, 0.3) is 10.9 Å². The molecule has 3 rings (SSSR count). The highest BCUT2D eigenvalue weighted by Crippen LogP contribution is 2.38. The Balaban J connectivity index is 2.00. The minimum Gasteiger partial charge on any atom is -0.492 e. The Hall–Kier alpha value is -1.86. The Kier molecular flexibility index (Phi) is 7.35. The van der Waals surface area contributed by atoms with Gasteiger partial charge in [0, 0.05) is 24.8 Å². The van der Waals surface area contributed by atoms with Crippen molar-refractivity contribution in [3.63, 3.8) is 0 Å². The number of benzene rings is 2. The quantitative estimate of drug-likeness (QED) is 0.344. The Labute approximate surface area is 183 Å². The molecular weight excluding hydrogens is 458 g/mol. The predicted molar refractivity (Wildman–Crippen MR) is 118 cm³/mol. The van der Waals surface area contributed by atoms with E-state index in [4.69, 9.17) is 26.6 Å². The van der Waals surface area contributed by atoms with E-state index in [1.165, 1.54) is 0 Å². The van der Waals surface area contributed by atoms with Crippen LogP contribution in [0.3, 0.4) is 0 Å². The third-order valence-corrected chi connectivity index (χ3v) is 5.83. The normalized spacial score (nSPS) is 11.4. The maximum Gasteiger partial charge on any atom is 0.151 e. The molecule has 29 heavy (non-hydrogen) atoms. The summed E-state index contributed by atoms with van der Waals surface area (Å²) >= 11 is 10.1. The monoisotopic (exact) mass is 479 g/mol. The van der Waals surface area contributed by atoms with Crippen molar-refractivity contribution >= 4 is 44.2 Å². The zero-order chi connectivity index (χ0) is 21.0. The molecule has 0 saturated carbocycles. The van der Waals surface area contributed by atoms with E-state index in [9.17, 15) is 4.79 Å². The molecule has 0 saturated heterocycles. The SMILES string of the molecule is CC(=O)Cc1c(Br)n(Cc2ccccc2)c2cc(Cl)c(OCCCC(O)O)cc12. The average molecular weight is 481 g/mol. The number of ether oxygens (including phenoxy) is 1. The van der Waals surface area contributed by atoms with Gasteiger partial charge in [-0.1, -0.05) is 41.9 Å². The fourth-order valence-corrected chi connectivity index (χ4v) is 4.17. The molecule has 2 N–H and O–H groups in total. The smallest absolute Gasteiger partial charge is 0.151 e. The van der Waals surface area contributed by atoms with Crippen molar-refractivity contribution in [2.75, 3.05) is 6.61 Å². The summed E-state index contributed by atoms with van der Waals surface area (Å²) in [6.45, 7) is 2.53. The summed E-state index contributed by atoms with van der Waals surface area (Å²) in [5.41, 5.74) is 2.95.